The number of carbonyl (C=O) groups excluding carboxylic acids is 2. The molecule has 0 bridgehead atoms. The fourth-order valence-electron chi connectivity index (χ4n) is 3.78. The Labute approximate surface area is 165 Å². The summed E-state index contributed by atoms with van der Waals surface area (Å²) in [7, 11) is 0. The second-order valence-corrected chi connectivity index (χ2v) is 7.06. The van der Waals surface area contributed by atoms with Gasteiger partial charge in [-0.3, -0.25) is 9.59 Å². The number of ether oxygens (including phenoxy) is 4. The molecule has 0 saturated carbocycles. The first-order chi connectivity index (χ1) is 13.5. The van der Waals surface area contributed by atoms with Gasteiger partial charge >= 0.3 is 5.97 Å². The average molecular weight is 386 g/mol. The fraction of sp³-hybridized carbons (Fsp3) is 0.455. The van der Waals surface area contributed by atoms with E-state index in [4.69, 9.17) is 18.9 Å². The van der Waals surface area contributed by atoms with Gasteiger partial charge in [-0.1, -0.05) is 31.7 Å². The molecule has 6 nitrogen and oxygen atoms in total. The van der Waals surface area contributed by atoms with Crippen LogP contribution in [0, 0.1) is 11.8 Å². The molecule has 1 aliphatic carbocycles. The molecule has 1 aromatic carbocycles. The molecule has 28 heavy (non-hydrogen) atoms. The lowest BCUT2D eigenvalue weighted by Crippen LogP contribution is -2.47. The largest absolute Gasteiger partial charge is 0.494 e. The third-order valence-corrected chi connectivity index (χ3v) is 5.27. The van der Waals surface area contributed by atoms with E-state index in [1.54, 1.807) is 0 Å². The topological polar surface area (TPSA) is 71.1 Å². The quantitative estimate of drug-likeness (QED) is 0.388. The van der Waals surface area contributed by atoms with Crippen molar-refractivity contribution in [2.45, 2.75) is 32.3 Å². The third kappa shape index (κ3) is 3.97. The number of carbonyl (C=O) groups is 2. The summed E-state index contributed by atoms with van der Waals surface area (Å²) in [5.41, 5.74) is 0.299. The van der Waals surface area contributed by atoms with Gasteiger partial charge in [0, 0.05) is 12.5 Å². The summed E-state index contributed by atoms with van der Waals surface area (Å²) in [5, 5.41) is 0. The first-order valence-electron chi connectivity index (χ1n) is 9.52. The molecule has 6 heteroatoms. The normalized spacial score (nSPS) is 24.6. The van der Waals surface area contributed by atoms with Crippen LogP contribution in [-0.2, 0) is 30.2 Å². The summed E-state index contributed by atoms with van der Waals surface area (Å²) in [6, 6.07) is 7.90. The van der Waals surface area contributed by atoms with Crippen LogP contribution in [0.25, 0.3) is 0 Å². The van der Waals surface area contributed by atoms with E-state index in [1.807, 2.05) is 38.1 Å². The molecule has 0 N–H and O–H groups in total. The first-order valence-corrected chi connectivity index (χ1v) is 9.52. The molecule has 1 aromatic rings. The number of ketones is 1. The minimum absolute atomic E-state index is 0.0120. The maximum atomic E-state index is 12.4. The van der Waals surface area contributed by atoms with Crippen molar-refractivity contribution in [3.63, 3.8) is 0 Å². The molecule has 0 spiro atoms. The van der Waals surface area contributed by atoms with E-state index in [0.29, 0.717) is 18.8 Å². The maximum Gasteiger partial charge on any atom is 0.317 e. The maximum absolute atomic E-state index is 12.4. The van der Waals surface area contributed by atoms with Crippen molar-refractivity contribution in [1.82, 2.24) is 0 Å². The number of hydrogen-bond donors (Lipinski definition) is 0. The molecule has 3 rings (SSSR count). The summed E-state index contributed by atoms with van der Waals surface area (Å²) in [5.74, 6) is -0.438. The van der Waals surface area contributed by atoms with Gasteiger partial charge in [-0.2, -0.15) is 0 Å². The molecule has 0 aromatic heterocycles. The molecule has 1 fully saturated rings. The van der Waals surface area contributed by atoms with Gasteiger partial charge in [0.15, 0.2) is 12.6 Å². The van der Waals surface area contributed by atoms with Gasteiger partial charge in [0.05, 0.1) is 6.61 Å². The van der Waals surface area contributed by atoms with Crippen molar-refractivity contribution in [3.05, 3.63) is 54.3 Å². The molecular weight excluding hydrogens is 360 g/mol. The minimum atomic E-state index is -0.895. The predicted molar refractivity (Wildman–Crippen MR) is 103 cm³/mol. The van der Waals surface area contributed by atoms with Gasteiger partial charge in [-0.15, -0.1) is 0 Å². The van der Waals surface area contributed by atoms with E-state index >= 15 is 0 Å². The molecule has 0 amide bonds. The Morgan fingerprint density at radius 2 is 2.14 bits per heavy atom. The summed E-state index contributed by atoms with van der Waals surface area (Å²) in [4.78, 5) is 24.8. The first kappa shape index (κ1) is 20.1. The highest BCUT2D eigenvalue weighted by molar-refractivity contribution is 6.06. The number of fused-ring (bicyclic) bond motifs is 1. The van der Waals surface area contributed by atoms with Gasteiger partial charge in [0.2, 0.25) is 0 Å². The predicted octanol–water partition coefficient (Wildman–Crippen LogP) is 3.21. The van der Waals surface area contributed by atoms with Crippen molar-refractivity contribution in [2.24, 2.45) is 11.8 Å². The highest BCUT2D eigenvalue weighted by Gasteiger charge is 2.53. The van der Waals surface area contributed by atoms with Crippen molar-refractivity contribution >= 4 is 11.8 Å². The van der Waals surface area contributed by atoms with Crippen molar-refractivity contribution in [2.75, 3.05) is 20.0 Å². The monoisotopic (exact) mass is 386 g/mol. The molecule has 1 heterocycles. The Kier molecular flexibility index (Phi) is 6.19. The van der Waals surface area contributed by atoms with Crippen LogP contribution in [0.3, 0.4) is 0 Å². The number of esters is 1. The standard InChI is InChI=1S/C22H26O6/c1-4-10-26-21(24)18-13-22(20(12-19(18)23)27-14-28-22)15(3)11-16-6-8-17(9-7-16)25-5-2/h4,6-9,12,15,18H,1,5,10-11,13-14H2,2-3H3/t15?,18-,22-/m1/s1. The summed E-state index contributed by atoms with van der Waals surface area (Å²) >= 11 is 0. The molecule has 1 aliphatic heterocycles. The molecule has 2 aliphatic rings. The average Bonchev–Trinajstić information content (AvgIpc) is 3.11. The van der Waals surface area contributed by atoms with Crippen LogP contribution >= 0.6 is 0 Å². The minimum Gasteiger partial charge on any atom is -0.494 e. The van der Waals surface area contributed by atoms with Crippen molar-refractivity contribution in [3.8, 4) is 5.75 Å². The van der Waals surface area contributed by atoms with Gasteiger partial charge < -0.3 is 18.9 Å². The number of hydrogen-bond acceptors (Lipinski definition) is 6. The van der Waals surface area contributed by atoms with Crippen LogP contribution in [-0.4, -0.2) is 37.4 Å². The van der Waals surface area contributed by atoms with Crippen molar-refractivity contribution in [1.29, 1.82) is 0 Å². The lowest BCUT2D eigenvalue weighted by atomic mass is 9.72. The van der Waals surface area contributed by atoms with Gasteiger partial charge in [0.1, 0.15) is 29.6 Å². The Bertz CT molecular complexity index is 766. The molecule has 3 atom stereocenters. The number of benzene rings is 1. The van der Waals surface area contributed by atoms with Crippen LogP contribution in [0.1, 0.15) is 25.8 Å². The highest BCUT2D eigenvalue weighted by Crippen LogP contribution is 2.45. The van der Waals surface area contributed by atoms with Crippen molar-refractivity contribution < 1.29 is 28.5 Å². The van der Waals surface area contributed by atoms with E-state index in [1.165, 1.54) is 12.2 Å². The lowest BCUT2D eigenvalue weighted by molar-refractivity contribution is -0.154. The molecule has 0 radical (unpaired) electrons. The van der Waals surface area contributed by atoms with E-state index in [0.717, 1.165) is 11.3 Å². The summed E-state index contributed by atoms with van der Waals surface area (Å²) < 4.78 is 22.2. The van der Waals surface area contributed by atoms with E-state index in [9.17, 15) is 9.59 Å². The summed E-state index contributed by atoms with van der Waals surface area (Å²) in [6.45, 7) is 8.28. The van der Waals surface area contributed by atoms with Crippen LogP contribution in [0.2, 0.25) is 0 Å². The Balaban J connectivity index is 1.79. The Morgan fingerprint density at radius 1 is 1.39 bits per heavy atom. The van der Waals surface area contributed by atoms with Crippen LogP contribution < -0.4 is 4.74 Å². The van der Waals surface area contributed by atoms with Gasteiger partial charge in [-0.05, 0) is 37.0 Å². The summed E-state index contributed by atoms with van der Waals surface area (Å²) in [6.07, 6.45) is 3.79. The third-order valence-electron chi connectivity index (χ3n) is 5.27. The SMILES string of the molecule is C=CCOC(=O)[C@@H]1C[C@]2(C(C)Cc3ccc(OCC)cc3)OCOC2=CC1=O. The van der Waals surface area contributed by atoms with Crippen LogP contribution in [0.5, 0.6) is 5.75 Å². The number of allylic oxidation sites excluding steroid dienone is 1. The number of rotatable bonds is 8. The smallest absolute Gasteiger partial charge is 0.317 e. The van der Waals surface area contributed by atoms with E-state index in [2.05, 4.69) is 6.58 Å². The zero-order valence-electron chi connectivity index (χ0n) is 16.3. The Morgan fingerprint density at radius 3 is 2.82 bits per heavy atom. The van der Waals surface area contributed by atoms with Crippen LogP contribution in [0.4, 0.5) is 0 Å². The van der Waals surface area contributed by atoms with Gasteiger partial charge in [-0.25, -0.2) is 0 Å². The Hall–Kier alpha value is -2.60. The molecule has 150 valence electrons. The zero-order valence-corrected chi connectivity index (χ0v) is 16.3. The van der Waals surface area contributed by atoms with E-state index < -0.39 is 17.5 Å². The highest BCUT2D eigenvalue weighted by atomic mass is 16.7. The molecule has 1 unspecified atom stereocenters. The molecule has 1 saturated heterocycles. The van der Waals surface area contributed by atoms with Crippen LogP contribution in [0.15, 0.2) is 48.8 Å². The van der Waals surface area contributed by atoms with Gasteiger partial charge in [0.25, 0.3) is 0 Å². The lowest BCUT2D eigenvalue weighted by Gasteiger charge is -2.37. The fourth-order valence-corrected chi connectivity index (χ4v) is 3.78. The zero-order chi connectivity index (χ0) is 20.1. The molecular formula is C22H26O6. The second kappa shape index (κ2) is 8.61. The second-order valence-electron chi connectivity index (χ2n) is 7.06. The van der Waals surface area contributed by atoms with E-state index in [-0.39, 0.29) is 31.5 Å².